The number of rotatable bonds is 2. The van der Waals surface area contributed by atoms with Crippen molar-refractivity contribution < 1.29 is 9.47 Å². The van der Waals surface area contributed by atoms with Crippen LogP contribution in [0.2, 0.25) is 13.1 Å². The molecule has 3 aliphatic heterocycles. The molecule has 9 rings (SSSR count). The van der Waals surface area contributed by atoms with Crippen LogP contribution in [0.4, 0.5) is 34.1 Å². The van der Waals surface area contributed by atoms with Gasteiger partial charge in [-0.2, -0.15) is 0 Å². The number of fused-ring (bicyclic) bond motifs is 7. The van der Waals surface area contributed by atoms with Crippen LogP contribution in [0.1, 0.15) is 0 Å². The molecule has 0 amide bonds. The number of hydrogen-bond acceptors (Lipinski definition) is 4. The van der Waals surface area contributed by atoms with Crippen molar-refractivity contribution in [2.75, 3.05) is 9.80 Å². The fourth-order valence-electron chi connectivity index (χ4n) is 7.22. The van der Waals surface area contributed by atoms with Crippen LogP contribution in [0.25, 0.3) is 11.1 Å². The van der Waals surface area contributed by atoms with E-state index < -0.39 is 8.07 Å². The number of para-hydroxylation sites is 8. The molecular formula is C38H29N2O2Si-. The third-order valence-corrected chi connectivity index (χ3v) is 13.4. The van der Waals surface area contributed by atoms with Gasteiger partial charge in [0.15, 0.2) is 0 Å². The molecule has 0 unspecified atom stereocenters. The van der Waals surface area contributed by atoms with E-state index in [2.05, 4.69) is 108 Å². The van der Waals surface area contributed by atoms with Crippen molar-refractivity contribution in [1.29, 1.82) is 0 Å². The molecule has 0 atom stereocenters. The Morgan fingerprint density at radius 1 is 0.419 bits per heavy atom. The molecule has 6 aromatic rings. The standard InChI is InChI=1S/C38H29N2O2Si/c1-43(2)37-21-19-25(39-29-11-3-7-15-33(29)41-34-16-8-4-12-30(34)39)23-27(37)28-24-26(20-22-38(28)43)40-31-13-5-9-17-35(31)42-36-18-10-6-14-32(36)40/h3-24,43H,1-2H3/q-1. The third-order valence-electron chi connectivity index (χ3n) is 9.30. The minimum absolute atomic E-state index is 0.866. The van der Waals surface area contributed by atoms with Crippen LogP contribution in [0.5, 0.6) is 23.0 Å². The van der Waals surface area contributed by atoms with Crippen molar-refractivity contribution in [3.05, 3.63) is 133 Å². The van der Waals surface area contributed by atoms with Crippen molar-refractivity contribution in [3.63, 3.8) is 0 Å². The maximum atomic E-state index is 6.30. The first-order chi connectivity index (χ1) is 21.1. The fraction of sp³-hybridized carbons (Fsp3) is 0.0526. The molecular weight excluding hydrogens is 545 g/mol. The van der Waals surface area contributed by atoms with Crippen LogP contribution >= 0.6 is 0 Å². The maximum absolute atomic E-state index is 6.30. The van der Waals surface area contributed by atoms with Crippen molar-refractivity contribution >= 4 is 52.6 Å². The van der Waals surface area contributed by atoms with Crippen LogP contribution in [-0.2, 0) is 0 Å². The van der Waals surface area contributed by atoms with Gasteiger partial charge in [0.05, 0.1) is 0 Å². The van der Waals surface area contributed by atoms with Gasteiger partial charge in [0.25, 0.3) is 0 Å². The van der Waals surface area contributed by atoms with E-state index in [1.807, 2.05) is 48.5 Å². The van der Waals surface area contributed by atoms with Crippen molar-refractivity contribution in [3.8, 4) is 34.1 Å². The average Bonchev–Trinajstić information content (AvgIpc) is 3.27. The molecule has 3 aliphatic rings. The molecule has 0 N–H and O–H groups in total. The molecule has 0 saturated carbocycles. The predicted molar refractivity (Wildman–Crippen MR) is 180 cm³/mol. The van der Waals surface area contributed by atoms with Crippen LogP contribution in [0, 0.1) is 0 Å². The summed E-state index contributed by atoms with van der Waals surface area (Å²) in [6.07, 6.45) is 0. The van der Waals surface area contributed by atoms with Gasteiger partial charge in [0, 0.05) is 0 Å². The first-order valence-electron chi connectivity index (χ1n) is 14.9. The molecule has 5 heteroatoms. The second-order valence-corrected chi connectivity index (χ2v) is 17.2. The summed E-state index contributed by atoms with van der Waals surface area (Å²) in [5.74, 6) is 3.47. The van der Waals surface area contributed by atoms with Gasteiger partial charge in [-0.05, 0) is 0 Å². The second-order valence-electron chi connectivity index (χ2n) is 12.2. The van der Waals surface area contributed by atoms with Crippen molar-refractivity contribution in [2.45, 2.75) is 13.1 Å². The van der Waals surface area contributed by atoms with Gasteiger partial charge in [-0.15, -0.1) is 0 Å². The Balaban J connectivity index is 1.23. The number of benzene rings is 6. The molecule has 6 aromatic carbocycles. The zero-order valence-corrected chi connectivity index (χ0v) is 25.1. The SMILES string of the molecule is C[SiH-]1(C)c2ccc(N3c4ccccc4Oc4ccccc43)cc2-c2cc(N3c4ccccc4Oc4ccccc43)ccc21. The molecule has 0 radical (unpaired) electrons. The summed E-state index contributed by atoms with van der Waals surface area (Å²) in [6, 6.07) is 47.3. The molecule has 0 aromatic heterocycles. The van der Waals surface area contributed by atoms with Gasteiger partial charge in [-0.1, -0.05) is 0 Å². The molecule has 4 nitrogen and oxygen atoms in total. The van der Waals surface area contributed by atoms with Gasteiger partial charge in [0.1, 0.15) is 0 Å². The Morgan fingerprint density at radius 2 is 0.744 bits per heavy atom. The summed E-state index contributed by atoms with van der Waals surface area (Å²) >= 11 is 0. The number of hydrogen-bond donors (Lipinski definition) is 0. The second kappa shape index (κ2) is 8.87. The first-order valence-corrected chi connectivity index (χ1v) is 18.4. The number of ether oxygens (including phenoxy) is 2. The third kappa shape index (κ3) is 3.49. The summed E-state index contributed by atoms with van der Waals surface area (Å²) in [5, 5.41) is 3.00. The van der Waals surface area contributed by atoms with Crippen LogP contribution in [0.15, 0.2) is 133 Å². The first kappa shape index (κ1) is 24.3. The zero-order valence-electron chi connectivity index (χ0n) is 24.0. The normalized spacial score (nSPS) is 15.5. The van der Waals surface area contributed by atoms with E-state index in [-0.39, 0.29) is 0 Å². The molecule has 0 aliphatic carbocycles. The van der Waals surface area contributed by atoms with E-state index in [0.29, 0.717) is 0 Å². The Hall–Kier alpha value is -5.26. The van der Waals surface area contributed by atoms with E-state index in [1.165, 1.54) is 21.5 Å². The Kier molecular flexibility index (Phi) is 5.02. The van der Waals surface area contributed by atoms with Gasteiger partial charge in [0.2, 0.25) is 0 Å². The van der Waals surface area contributed by atoms with Gasteiger partial charge in [-0.25, -0.2) is 0 Å². The minimum atomic E-state index is -2.26. The molecule has 208 valence electrons. The Labute approximate surface area is 252 Å². The molecule has 0 spiro atoms. The van der Waals surface area contributed by atoms with Crippen LogP contribution in [-0.4, -0.2) is 8.07 Å². The van der Waals surface area contributed by atoms with Gasteiger partial charge < -0.3 is 0 Å². The molecule has 0 saturated heterocycles. The molecule has 0 bridgehead atoms. The summed E-state index contributed by atoms with van der Waals surface area (Å²) in [7, 11) is -2.26. The summed E-state index contributed by atoms with van der Waals surface area (Å²) in [5.41, 5.74) is 9.14. The van der Waals surface area contributed by atoms with E-state index in [0.717, 1.165) is 57.1 Å². The Morgan fingerprint density at radius 3 is 1.09 bits per heavy atom. The predicted octanol–water partition coefficient (Wildman–Crippen LogP) is 9.37. The Bertz CT molecular complexity index is 1860. The van der Waals surface area contributed by atoms with E-state index >= 15 is 0 Å². The topological polar surface area (TPSA) is 24.9 Å². The van der Waals surface area contributed by atoms with Gasteiger partial charge in [-0.3, -0.25) is 0 Å². The van der Waals surface area contributed by atoms with Crippen LogP contribution in [0.3, 0.4) is 0 Å². The zero-order chi connectivity index (χ0) is 28.7. The van der Waals surface area contributed by atoms with E-state index in [1.54, 1.807) is 0 Å². The van der Waals surface area contributed by atoms with E-state index in [9.17, 15) is 0 Å². The van der Waals surface area contributed by atoms with E-state index in [4.69, 9.17) is 9.47 Å². The quantitative estimate of drug-likeness (QED) is 0.192. The number of nitrogens with zero attached hydrogens (tertiary/aromatic N) is 2. The van der Waals surface area contributed by atoms with Crippen molar-refractivity contribution in [1.82, 2.24) is 0 Å². The molecule has 0 fully saturated rings. The van der Waals surface area contributed by atoms with Gasteiger partial charge >= 0.3 is 253 Å². The molecule has 3 heterocycles. The average molecular weight is 574 g/mol. The summed E-state index contributed by atoms with van der Waals surface area (Å²) in [4.78, 5) is 4.67. The van der Waals surface area contributed by atoms with Crippen LogP contribution < -0.4 is 29.6 Å². The summed E-state index contributed by atoms with van der Waals surface area (Å²) in [6.45, 7) is 4.99. The monoisotopic (exact) mass is 573 g/mol. The fourth-order valence-corrected chi connectivity index (χ4v) is 10.7. The summed E-state index contributed by atoms with van der Waals surface area (Å²) < 4.78 is 12.6. The molecule has 43 heavy (non-hydrogen) atoms. The van der Waals surface area contributed by atoms with Crippen molar-refractivity contribution in [2.24, 2.45) is 0 Å². The number of anilines is 6.